The highest BCUT2D eigenvalue weighted by Gasteiger charge is 2.33. The van der Waals surface area contributed by atoms with Gasteiger partial charge in [-0.3, -0.25) is 4.79 Å². The molecule has 94 valence electrons. The summed E-state index contributed by atoms with van der Waals surface area (Å²) in [6.07, 6.45) is 4.78. The number of nitrogens with one attached hydrogen (secondary N) is 1. The zero-order valence-corrected chi connectivity index (χ0v) is 11.5. The Morgan fingerprint density at radius 2 is 1.94 bits per heavy atom. The molecule has 0 radical (unpaired) electrons. The molecule has 0 bridgehead atoms. The van der Waals surface area contributed by atoms with Gasteiger partial charge in [-0.05, 0) is 40.0 Å². The second-order valence-electron chi connectivity index (χ2n) is 5.33. The first-order valence-corrected chi connectivity index (χ1v) is 6.26. The molecule has 0 spiro atoms. The summed E-state index contributed by atoms with van der Waals surface area (Å²) >= 11 is 0. The Morgan fingerprint density at radius 3 is 2.31 bits per heavy atom. The normalized spacial score (nSPS) is 15.2. The van der Waals surface area contributed by atoms with Crippen LogP contribution in [-0.2, 0) is 4.79 Å². The van der Waals surface area contributed by atoms with Gasteiger partial charge in [-0.15, -0.1) is 6.58 Å². The Balaban J connectivity index is 4.59. The van der Waals surface area contributed by atoms with Crippen LogP contribution >= 0.6 is 0 Å². The van der Waals surface area contributed by atoms with Crippen molar-refractivity contribution in [2.45, 2.75) is 65.5 Å². The summed E-state index contributed by atoms with van der Waals surface area (Å²) in [6, 6.07) is 0.330. The van der Waals surface area contributed by atoms with E-state index in [0.29, 0.717) is 11.8 Å². The molecule has 0 aliphatic rings. The lowest BCUT2D eigenvalue weighted by Gasteiger charge is -2.33. The van der Waals surface area contributed by atoms with Crippen LogP contribution in [0, 0.1) is 5.92 Å². The molecule has 0 fully saturated rings. The topological polar surface area (TPSA) is 29.1 Å². The maximum atomic E-state index is 12.2. The molecule has 2 heteroatoms. The van der Waals surface area contributed by atoms with Gasteiger partial charge >= 0.3 is 0 Å². The summed E-state index contributed by atoms with van der Waals surface area (Å²) in [5.74, 6) is 0.394. The monoisotopic (exact) mass is 225 g/mol. The van der Waals surface area contributed by atoms with E-state index < -0.39 is 0 Å². The number of hydrogen-bond donors (Lipinski definition) is 1. The van der Waals surface area contributed by atoms with E-state index in [1.165, 1.54) is 0 Å². The molecule has 0 amide bonds. The lowest BCUT2D eigenvalue weighted by molar-refractivity contribution is -0.128. The first-order valence-electron chi connectivity index (χ1n) is 6.26. The molecule has 0 aromatic rings. The van der Waals surface area contributed by atoms with Gasteiger partial charge in [0.2, 0.25) is 0 Å². The molecule has 0 aromatic carbocycles. The van der Waals surface area contributed by atoms with Gasteiger partial charge in [-0.2, -0.15) is 0 Å². The number of hydrogen-bond acceptors (Lipinski definition) is 2. The molecule has 0 aromatic heterocycles. The average molecular weight is 225 g/mol. The SMILES string of the molecule is C=CCCC[C@@](C)(NC(C)C)C(=O)C(C)C. The highest BCUT2D eigenvalue weighted by atomic mass is 16.1. The Morgan fingerprint density at radius 1 is 1.38 bits per heavy atom. The molecule has 0 saturated heterocycles. The summed E-state index contributed by atoms with van der Waals surface area (Å²) in [7, 11) is 0. The van der Waals surface area contributed by atoms with Crippen molar-refractivity contribution in [2.75, 3.05) is 0 Å². The summed E-state index contributed by atoms with van der Waals surface area (Å²) < 4.78 is 0. The molecule has 2 nitrogen and oxygen atoms in total. The molecule has 0 aliphatic carbocycles. The van der Waals surface area contributed by atoms with Gasteiger partial charge in [-0.1, -0.05) is 19.9 Å². The van der Waals surface area contributed by atoms with Gasteiger partial charge in [-0.25, -0.2) is 0 Å². The predicted octanol–water partition coefficient (Wildman–Crippen LogP) is 3.32. The Kier molecular flexibility index (Phi) is 6.58. The number of ketones is 1. The first kappa shape index (κ1) is 15.4. The lowest BCUT2D eigenvalue weighted by Crippen LogP contribution is -2.53. The van der Waals surface area contributed by atoms with E-state index in [4.69, 9.17) is 0 Å². The van der Waals surface area contributed by atoms with E-state index >= 15 is 0 Å². The van der Waals surface area contributed by atoms with Crippen LogP contribution in [0.5, 0.6) is 0 Å². The predicted molar refractivity (Wildman–Crippen MR) is 70.6 cm³/mol. The van der Waals surface area contributed by atoms with Gasteiger partial charge in [0, 0.05) is 12.0 Å². The zero-order chi connectivity index (χ0) is 12.8. The minimum absolute atomic E-state index is 0.0833. The fourth-order valence-corrected chi connectivity index (χ4v) is 2.14. The van der Waals surface area contributed by atoms with Crippen LogP contribution in [0.1, 0.15) is 53.9 Å². The van der Waals surface area contributed by atoms with Gasteiger partial charge in [0.1, 0.15) is 0 Å². The van der Waals surface area contributed by atoms with E-state index in [9.17, 15) is 4.79 Å². The van der Waals surface area contributed by atoms with Crippen molar-refractivity contribution in [2.24, 2.45) is 5.92 Å². The Labute approximate surface area is 101 Å². The summed E-state index contributed by atoms with van der Waals surface area (Å²) in [6.45, 7) is 13.8. The largest absolute Gasteiger partial charge is 0.303 e. The lowest BCUT2D eigenvalue weighted by atomic mass is 9.84. The standard InChI is InChI=1S/C14H27NO/c1-7-8-9-10-14(6,15-12(4)5)13(16)11(2)3/h7,11-12,15H,1,8-10H2,2-6H3/t14-/m1/s1. The molecule has 0 rings (SSSR count). The summed E-state index contributed by atoms with van der Waals surface area (Å²) in [5, 5.41) is 3.41. The minimum atomic E-state index is -0.384. The van der Waals surface area contributed by atoms with E-state index in [1.807, 2.05) is 26.8 Å². The van der Waals surface area contributed by atoms with E-state index in [0.717, 1.165) is 19.3 Å². The second kappa shape index (κ2) is 6.85. The van der Waals surface area contributed by atoms with Crippen molar-refractivity contribution >= 4 is 5.78 Å². The number of Topliss-reactive ketones (excluding diaryl/α,β-unsaturated/α-hetero) is 1. The van der Waals surface area contributed by atoms with Crippen LogP contribution in [0.3, 0.4) is 0 Å². The average Bonchev–Trinajstić information content (AvgIpc) is 2.15. The molecular weight excluding hydrogens is 198 g/mol. The van der Waals surface area contributed by atoms with Gasteiger partial charge in [0.05, 0.1) is 5.54 Å². The molecule has 1 N–H and O–H groups in total. The molecule has 0 heterocycles. The first-order chi connectivity index (χ1) is 7.33. The molecule has 1 atom stereocenters. The highest BCUT2D eigenvalue weighted by molar-refractivity contribution is 5.89. The number of unbranched alkanes of at least 4 members (excludes halogenated alkanes) is 1. The fraction of sp³-hybridized carbons (Fsp3) is 0.786. The smallest absolute Gasteiger partial charge is 0.155 e. The molecule has 0 aliphatic heterocycles. The highest BCUT2D eigenvalue weighted by Crippen LogP contribution is 2.20. The number of rotatable bonds is 8. The van der Waals surface area contributed by atoms with E-state index in [-0.39, 0.29) is 11.5 Å². The Hall–Kier alpha value is -0.630. The van der Waals surface area contributed by atoms with Crippen molar-refractivity contribution in [3.63, 3.8) is 0 Å². The molecular formula is C14H27NO. The van der Waals surface area contributed by atoms with Crippen LogP contribution in [0.2, 0.25) is 0 Å². The third-order valence-electron chi connectivity index (χ3n) is 2.76. The molecule has 0 unspecified atom stereocenters. The van der Waals surface area contributed by atoms with Crippen molar-refractivity contribution in [1.29, 1.82) is 0 Å². The van der Waals surface area contributed by atoms with Crippen LogP contribution in [0.4, 0.5) is 0 Å². The minimum Gasteiger partial charge on any atom is -0.303 e. The maximum absolute atomic E-state index is 12.2. The molecule has 0 saturated carbocycles. The maximum Gasteiger partial charge on any atom is 0.155 e. The third kappa shape index (κ3) is 4.93. The zero-order valence-electron chi connectivity index (χ0n) is 11.5. The van der Waals surface area contributed by atoms with Crippen LogP contribution in [0.15, 0.2) is 12.7 Å². The van der Waals surface area contributed by atoms with Gasteiger partial charge in [0.15, 0.2) is 5.78 Å². The van der Waals surface area contributed by atoms with Crippen molar-refractivity contribution < 1.29 is 4.79 Å². The fourth-order valence-electron chi connectivity index (χ4n) is 2.14. The number of carbonyl (C=O) groups excluding carboxylic acids is 1. The summed E-state index contributed by atoms with van der Waals surface area (Å²) in [5.41, 5.74) is -0.384. The van der Waals surface area contributed by atoms with Crippen LogP contribution in [-0.4, -0.2) is 17.4 Å². The van der Waals surface area contributed by atoms with Gasteiger partial charge in [0.25, 0.3) is 0 Å². The third-order valence-corrected chi connectivity index (χ3v) is 2.76. The van der Waals surface area contributed by atoms with Crippen molar-refractivity contribution in [3.05, 3.63) is 12.7 Å². The second-order valence-corrected chi connectivity index (χ2v) is 5.33. The Bertz CT molecular complexity index is 233. The van der Waals surface area contributed by atoms with Crippen molar-refractivity contribution in [1.82, 2.24) is 5.32 Å². The van der Waals surface area contributed by atoms with Crippen molar-refractivity contribution in [3.8, 4) is 0 Å². The van der Waals surface area contributed by atoms with Gasteiger partial charge < -0.3 is 5.32 Å². The van der Waals surface area contributed by atoms with Crippen LogP contribution in [0.25, 0.3) is 0 Å². The number of allylic oxidation sites excluding steroid dienone is 1. The summed E-state index contributed by atoms with van der Waals surface area (Å²) in [4.78, 5) is 12.2. The van der Waals surface area contributed by atoms with E-state index in [1.54, 1.807) is 0 Å². The molecule has 16 heavy (non-hydrogen) atoms. The van der Waals surface area contributed by atoms with E-state index in [2.05, 4.69) is 25.7 Å². The van der Waals surface area contributed by atoms with Crippen LogP contribution < -0.4 is 5.32 Å². The number of carbonyl (C=O) groups is 1. The quantitative estimate of drug-likeness (QED) is 0.507.